The molecule has 0 aliphatic heterocycles. The van der Waals surface area contributed by atoms with E-state index in [-0.39, 0.29) is 17.2 Å². The first-order valence-electron chi connectivity index (χ1n) is 6.37. The standard InChI is InChI=1S/C11H15N5O3/c17-11-8-9(12-6-13-11)15(14-10(8)16(18)19)7-4-2-1-3-5-7/h6-7,16,18H,1-5H2,(H,12,13,17). The van der Waals surface area contributed by atoms with Crippen molar-refractivity contribution in [2.24, 2.45) is 0 Å². The number of rotatable bonds is 2. The molecule has 8 heteroatoms. The van der Waals surface area contributed by atoms with Crippen LogP contribution in [0.3, 0.4) is 0 Å². The largest absolute Gasteiger partial charge is 0.594 e. The van der Waals surface area contributed by atoms with Crippen molar-refractivity contribution in [3.8, 4) is 0 Å². The number of hydrogen-bond donors (Lipinski definition) is 3. The summed E-state index contributed by atoms with van der Waals surface area (Å²) in [5.41, 5.74) is -0.0856. The van der Waals surface area contributed by atoms with Crippen LogP contribution < -0.4 is 10.8 Å². The molecular weight excluding hydrogens is 250 g/mol. The average Bonchev–Trinajstić information content (AvgIpc) is 2.81. The number of H-pyrrole nitrogens is 1. The van der Waals surface area contributed by atoms with Gasteiger partial charge in [0.25, 0.3) is 11.4 Å². The van der Waals surface area contributed by atoms with E-state index in [1.807, 2.05) is 0 Å². The Morgan fingerprint density at radius 1 is 1.42 bits per heavy atom. The molecule has 2 aromatic rings. The zero-order chi connectivity index (χ0) is 13.4. The first-order valence-corrected chi connectivity index (χ1v) is 6.37. The van der Waals surface area contributed by atoms with Crippen LogP contribution in [0.15, 0.2) is 11.1 Å². The van der Waals surface area contributed by atoms with Gasteiger partial charge in [-0.05, 0) is 12.8 Å². The van der Waals surface area contributed by atoms with E-state index in [4.69, 9.17) is 5.21 Å². The van der Waals surface area contributed by atoms with Crippen molar-refractivity contribution in [2.45, 2.75) is 38.1 Å². The lowest BCUT2D eigenvalue weighted by molar-refractivity contribution is -0.992. The summed E-state index contributed by atoms with van der Waals surface area (Å²) in [5.74, 6) is -0.213. The fourth-order valence-electron chi connectivity index (χ4n) is 2.71. The minimum atomic E-state index is -1.20. The van der Waals surface area contributed by atoms with E-state index in [0.29, 0.717) is 5.65 Å². The molecular formula is C11H15N5O3. The number of hydrogen-bond acceptors (Lipinski definition) is 5. The maximum atomic E-state index is 11.8. The van der Waals surface area contributed by atoms with Gasteiger partial charge in [-0.25, -0.2) is 14.9 Å². The summed E-state index contributed by atoms with van der Waals surface area (Å²) in [6.07, 6.45) is 6.57. The van der Waals surface area contributed by atoms with Crippen LogP contribution in [0.4, 0.5) is 5.82 Å². The number of nitrogens with one attached hydrogen (secondary N) is 2. The summed E-state index contributed by atoms with van der Waals surface area (Å²) in [4.78, 5) is 18.3. The molecule has 1 aliphatic carbocycles. The van der Waals surface area contributed by atoms with Gasteiger partial charge in [-0.2, -0.15) is 5.23 Å². The third-order valence-electron chi connectivity index (χ3n) is 3.62. The van der Waals surface area contributed by atoms with Crippen molar-refractivity contribution < 1.29 is 10.4 Å². The van der Waals surface area contributed by atoms with E-state index in [0.717, 1.165) is 25.7 Å². The minimum absolute atomic E-state index is 0.0700. The fourth-order valence-corrected chi connectivity index (χ4v) is 2.71. The van der Waals surface area contributed by atoms with Gasteiger partial charge in [-0.3, -0.25) is 4.79 Å². The lowest BCUT2D eigenvalue weighted by Crippen LogP contribution is -2.99. The van der Waals surface area contributed by atoms with E-state index >= 15 is 0 Å². The molecule has 1 aliphatic rings. The quantitative estimate of drug-likeness (QED) is 0.663. The zero-order valence-corrected chi connectivity index (χ0v) is 10.3. The molecule has 0 radical (unpaired) electrons. The van der Waals surface area contributed by atoms with Crippen molar-refractivity contribution in [1.82, 2.24) is 19.7 Å². The fraction of sp³-hybridized carbons (Fsp3) is 0.545. The number of aromatic nitrogens is 4. The number of fused-ring (bicyclic) bond motifs is 1. The van der Waals surface area contributed by atoms with Crippen LogP contribution in [-0.4, -0.2) is 25.0 Å². The first kappa shape index (κ1) is 12.3. The van der Waals surface area contributed by atoms with E-state index in [2.05, 4.69) is 15.1 Å². The third-order valence-corrected chi connectivity index (χ3v) is 3.62. The van der Waals surface area contributed by atoms with E-state index in [1.165, 1.54) is 12.7 Å². The van der Waals surface area contributed by atoms with Gasteiger partial charge in [-0.1, -0.05) is 19.3 Å². The van der Waals surface area contributed by atoms with Gasteiger partial charge in [0.2, 0.25) is 0 Å². The molecule has 102 valence electrons. The van der Waals surface area contributed by atoms with Crippen molar-refractivity contribution in [1.29, 1.82) is 0 Å². The lowest BCUT2D eigenvalue weighted by atomic mass is 9.96. The van der Waals surface area contributed by atoms with Crippen molar-refractivity contribution in [3.05, 3.63) is 21.9 Å². The molecule has 0 spiro atoms. The summed E-state index contributed by atoms with van der Waals surface area (Å²) in [6, 6.07) is 0.138. The summed E-state index contributed by atoms with van der Waals surface area (Å²) in [5, 5.41) is 23.4. The summed E-state index contributed by atoms with van der Waals surface area (Å²) in [7, 11) is 0. The highest BCUT2D eigenvalue weighted by atomic mass is 16.8. The summed E-state index contributed by atoms with van der Waals surface area (Å²) in [6.45, 7) is 0. The van der Waals surface area contributed by atoms with Crippen LogP contribution in [0.2, 0.25) is 0 Å². The minimum Gasteiger partial charge on any atom is -0.594 e. The van der Waals surface area contributed by atoms with Gasteiger partial charge in [0.1, 0.15) is 0 Å². The third kappa shape index (κ3) is 2.03. The predicted octanol–water partition coefficient (Wildman–Crippen LogP) is 0.0282. The molecule has 1 fully saturated rings. The van der Waals surface area contributed by atoms with Crippen molar-refractivity contribution in [3.63, 3.8) is 0 Å². The predicted molar refractivity (Wildman–Crippen MR) is 66.0 cm³/mol. The number of nitrogens with zero attached hydrogens (tertiary/aromatic N) is 3. The highest BCUT2D eigenvalue weighted by Gasteiger charge is 2.25. The Bertz CT molecular complexity index is 641. The van der Waals surface area contributed by atoms with Crippen molar-refractivity contribution >= 4 is 16.9 Å². The van der Waals surface area contributed by atoms with E-state index < -0.39 is 10.8 Å². The molecule has 0 amide bonds. The van der Waals surface area contributed by atoms with Crippen LogP contribution in [0.1, 0.15) is 38.1 Å². The van der Waals surface area contributed by atoms with E-state index in [9.17, 15) is 10.0 Å². The Morgan fingerprint density at radius 3 is 2.84 bits per heavy atom. The van der Waals surface area contributed by atoms with Crippen LogP contribution in [0, 0.1) is 5.21 Å². The lowest BCUT2D eigenvalue weighted by Gasteiger charge is -2.21. The van der Waals surface area contributed by atoms with Crippen LogP contribution >= 0.6 is 0 Å². The Morgan fingerprint density at radius 2 is 2.16 bits per heavy atom. The number of quaternary nitrogens is 1. The second-order valence-electron chi connectivity index (χ2n) is 4.82. The molecule has 3 rings (SSSR count). The summed E-state index contributed by atoms with van der Waals surface area (Å²) < 4.78 is 1.62. The van der Waals surface area contributed by atoms with Gasteiger partial charge in [0.15, 0.2) is 11.0 Å². The Balaban J connectivity index is 2.19. The molecule has 19 heavy (non-hydrogen) atoms. The van der Waals surface area contributed by atoms with Gasteiger partial charge in [-0.15, -0.1) is 5.10 Å². The molecule has 3 N–H and O–H groups in total. The molecule has 2 heterocycles. The molecule has 0 saturated heterocycles. The molecule has 1 atom stereocenters. The Labute approximate surface area is 108 Å². The average molecular weight is 265 g/mol. The molecule has 1 saturated carbocycles. The van der Waals surface area contributed by atoms with Gasteiger partial charge < -0.3 is 10.2 Å². The maximum Gasteiger partial charge on any atom is 0.292 e. The van der Waals surface area contributed by atoms with E-state index in [1.54, 1.807) is 4.68 Å². The van der Waals surface area contributed by atoms with Crippen LogP contribution in [0.5, 0.6) is 0 Å². The highest BCUT2D eigenvalue weighted by molar-refractivity contribution is 5.82. The van der Waals surface area contributed by atoms with Gasteiger partial charge >= 0.3 is 0 Å². The van der Waals surface area contributed by atoms with Crippen LogP contribution in [0.25, 0.3) is 11.0 Å². The second kappa shape index (κ2) is 4.72. The second-order valence-corrected chi connectivity index (χ2v) is 4.82. The molecule has 2 aromatic heterocycles. The molecule has 8 nitrogen and oxygen atoms in total. The van der Waals surface area contributed by atoms with Crippen LogP contribution in [-0.2, 0) is 0 Å². The normalized spacial score (nSPS) is 18.8. The molecule has 1 unspecified atom stereocenters. The van der Waals surface area contributed by atoms with Gasteiger partial charge in [0.05, 0.1) is 12.4 Å². The SMILES string of the molecule is O=c1[nH]cnc2c1c([NH+]([O-])O)nn2C1CCCCC1. The highest BCUT2D eigenvalue weighted by Crippen LogP contribution is 2.30. The van der Waals surface area contributed by atoms with Gasteiger partial charge in [0, 0.05) is 0 Å². The first-order chi connectivity index (χ1) is 9.18. The smallest absolute Gasteiger partial charge is 0.292 e. The maximum absolute atomic E-state index is 11.8. The Hall–Kier alpha value is -1.77. The molecule has 0 bridgehead atoms. The zero-order valence-electron chi connectivity index (χ0n) is 10.3. The Kier molecular flexibility index (Phi) is 3.05. The van der Waals surface area contributed by atoms with Crippen molar-refractivity contribution in [2.75, 3.05) is 0 Å². The number of aromatic amines is 1. The summed E-state index contributed by atoms with van der Waals surface area (Å²) >= 11 is 0. The topological polar surface area (TPSA) is 111 Å². The monoisotopic (exact) mass is 265 g/mol. The molecule has 0 aromatic carbocycles.